The fourth-order valence-electron chi connectivity index (χ4n) is 1.94. The van der Waals surface area contributed by atoms with Gasteiger partial charge in [-0.15, -0.1) is 0 Å². The van der Waals surface area contributed by atoms with E-state index in [1.807, 2.05) is 0 Å². The number of carbonyl (C=O) groups is 1. The van der Waals surface area contributed by atoms with Crippen molar-refractivity contribution in [3.63, 3.8) is 0 Å². The van der Waals surface area contributed by atoms with Crippen molar-refractivity contribution < 1.29 is 18.4 Å². The predicted molar refractivity (Wildman–Crippen MR) is 82.1 cm³/mol. The second-order valence-electron chi connectivity index (χ2n) is 4.66. The van der Waals surface area contributed by atoms with Crippen molar-refractivity contribution in [1.82, 2.24) is 5.48 Å². The summed E-state index contributed by atoms with van der Waals surface area (Å²) in [6, 6.07) is 14.6. The number of hydrogen-bond donors (Lipinski definition) is 2. The van der Waals surface area contributed by atoms with Crippen LogP contribution in [-0.2, 0) is 21.2 Å². The van der Waals surface area contributed by atoms with E-state index in [9.17, 15) is 13.2 Å². The minimum Gasteiger partial charge on any atom is -0.289 e. The largest absolute Gasteiger partial charge is 0.289 e. The third-order valence-corrected chi connectivity index (χ3v) is 4.99. The van der Waals surface area contributed by atoms with Gasteiger partial charge in [0.1, 0.15) is 0 Å². The van der Waals surface area contributed by atoms with Crippen LogP contribution in [0.1, 0.15) is 5.56 Å². The van der Waals surface area contributed by atoms with Crippen molar-refractivity contribution in [3.05, 3.63) is 60.2 Å². The van der Waals surface area contributed by atoms with Crippen molar-refractivity contribution >= 4 is 21.6 Å². The molecule has 0 bridgehead atoms. The highest BCUT2D eigenvalue weighted by Gasteiger charge is 2.20. The lowest BCUT2D eigenvalue weighted by Gasteiger charge is -2.19. The fraction of sp³-hybridized carbons (Fsp3) is 0.133. The lowest BCUT2D eigenvalue weighted by Crippen LogP contribution is -2.26. The minimum absolute atomic E-state index is 0.0198. The number of amides is 1. The molecule has 0 aliphatic carbocycles. The van der Waals surface area contributed by atoms with Gasteiger partial charge in [0.2, 0.25) is 5.91 Å². The maximum Gasteiger partial charge on any atom is 0.264 e. The van der Waals surface area contributed by atoms with E-state index in [1.165, 1.54) is 23.5 Å². The Hall–Kier alpha value is -2.38. The van der Waals surface area contributed by atoms with Gasteiger partial charge in [0, 0.05) is 7.05 Å². The molecule has 0 fully saturated rings. The van der Waals surface area contributed by atoms with E-state index >= 15 is 0 Å². The molecular weight excluding hydrogens is 304 g/mol. The van der Waals surface area contributed by atoms with Gasteiger partial charge >= 0.3 is 0 Å². The normalized spacial score (nSPS) is 11.0. The summed E-state index contributed by atoms with van der Waals surface area (Å²) >= 11 is 0. The fourth-order valence-corrected chi connectivity index (χ4v) is 3.15. The summed E-state index contributed by atoms with van der Waals surface area (Å²) in [6.07, 6.45) is 0.0198. The summed E-state index contributed by atoms with van der Waals surface area (Å²) in [5.41, 5.74) is 2.70. The van der Waals surface area contributed by atoms with Crippen molar-refractivity contribution in [3.8, 4) is 0 Å². The summed E-state index contributed by atoms with van der Waals surface area (Å²) in [6.45, 7) is 0. The molecule has 2 aromatic carbocycles. The van der Waals surface area contributed by atoms with E-state index in [0.717, 1.165) is 0 Å². The van der Waals surface area contributed by atoms with Crippen molar-refractivity contribution in [1.29, 1.82) is 0 Å². The van der Waals surface area contributed by atoms with Crippen LogP contribution in [0, 0.1) is 0 Å². The lowest BCUT2D eigenvalue weighted by molar-refractivity contribution is -0.128. The number of hydroxylamine groups is 1. The van der Waals surface area contributed by atoms with Crippen molar-refractivity contribution in [2.45, 2.75) is 11.3 Å². The smallest absolute Gasteiger partial charge is 0.264 e. The molecule has 116 valence electrons. The molecule has 7 heteroatoms. The summed E-state index contributed by atoms with van der Waals surface area (Å²) in [5.74, 6) is -0.530. The molecule has 1 amide bonds. The molecule has 0 saturated heterocycles. The number of carbonyl (C=O) groups excluding carboxylic acids is 1. The van der Waals surface area contributed by atoms with Crippen LogP contribution in [0.2, 0.25) is 0 Å². The third kappa shape index (κ3) is 3.44. The zero-order valence-corrected chi connectivity index (χ0v) is 12.7. The first-order valence-electron chi connectivity index (χ1n) is 6.51. The lowest BCUT2D eigenvalue weighted by atomic mass is 10.1. The summed E-state index contributed by atoms with van der Waals surface area (Å²) in [4.78, 5) is 11.3. The number of benzene rings is 2. The Morgan fingerprint density at radius 2 is 1.68 bits per heavy atom. The number of anilines is 1. The van der Waals surface area contributed by atoms with E-state index in [4.69, 9.17) is 5.21 Å². The first kappa shape index (κ1) is 16.0. The van der Waals surface area contributed by atoms with Crippen LogP contribution in [0.4, 0.5) is 5.69 Å². The van der Waals surface area contributed by atoms with Gasteiger partial charge in [-0.05, 0) is 29.8 Å². The second kappa shape index (κ2) is 6.59. The Kier molecular flexibility index (Phi) is 4.79. The predicted octanol–water partition coefficient (Wildman–Crippen LogP) is 1.56. The standard InChI is InChI=1S/C15H16N2O4S/c1-17(22(20,21)14-5-3-2-4-6-14)13-9-7-12(8-10-13)11-15(18)16-19/h2-10,19H,11H2,1H3,(H,16,18). The van der Waals surface area contributed by atoms with Gasteiger partial charge in [-0.2, -0.15) is 0 Å². The van der Waals surface area contributed by atoms with Gasteiger partial charge in [0.25, 0.3) is 10.0 Å². The number of sulfonamides is 1. The Balaban J connectivity index is 2.23. The maximum atomic E-state index is 12.5. The molecule has 0 heterocycles. The Labute approximate surface area is 129 Å². The zero-order valence-electron chi connectivity index (χ0n) is 11.9. The molecule has 0 aliphatic heterocycles. The van der Waals surface area contributed by atoms with Gasteiger partial charge < -0.3 is 0 Å². The van der Waals surface area contributed by atoms with Crippen molar-refractivity contribution in [2.75, 3.05) is 11.4 Å². The molecule has 22 heavy (non-hydrogen) atoms. The van der Waals surface area contributed by atoms with Gasteiger partial charge in [-0.3, -0.25) is 14.3 Å². The molecule has 0 unspecified atom stereocenters. The molecule has 2 rings (SSSR count). The summed E-state index contributed by atoms with van der Waals surface area (Å²) < 4.78 is 26.1. The van der Waals surface area contributed by atoms with Crippen LogP contribution in [0.3, 0.4) is 0 Å². The van der Waals surface area contributed by atoms with Crippen molar-refractivity contribution in [2.24, 2.45) is 0 Å². The van der Waals surface area contributed by atoms with Crippen LogP contribution in [0.25, 0.3) is 0 Å². The average molecular weight is 320 g/mol. The molecule has 0 spiro atoms. The number of rotatable bonds is 5. The van der Waals surface area contributed by atoms with Gasteiger partial charge in [-0.1, -0.05) is 30.3 Å². The molecule has 2 N–H and O–H groups in total. The minimum atomic E-state index is -3.62. The Morgan fingerprint density at radius 3 is 2.23 bits per heavy atom. The van der Waals surface area contributed by atoms with Crippen LogP contribution in [-0.4, -0.2) is 26.6 Å². The second-order valence-corrected chi connectivity index (χ2v) is 6.63. The topological polar surface area (TPSA) is 86.7 Å². The summed E-state index contributed by atoms with van der Waals surface area (Å²) in [7, 11) is -2.15. The third-order valence-electron chi connectivity index (χ3n) is 3.19. The van der Waals surface area contributed by atoms with Gasteiger partial charge in [0.15, 0.2) is 0 Å². The van der Waals surface area contributed by atoms with Gasteiger partial charge in [-0.25, -0.2) is 13.9 Å². The molecule has 0 saturated carbocycles. The highest BCUT2D eigenvalue weighted by atomic mass is 32.2. The number of nitrogens with zero attached hydrogens (tertiary/aromatic N) is 1. The monoisotopic (exact) mass is 320 g/mol. The quantitative estimate of drug-likeness (QED) is 0.646. The maximum absolute atomic E-state index is 12.5. The molecule has 0 radical (unpaired) electrons. The van der Waals surface area contributed by atoms with Crippen LogP contribution < -0.4 is 9.79 Å². The molecule has 6 nitrogen and oxygen atoms in total. The zero-order chi connectivity index (χ0) is 16.2. The van der Waals surface area contributed by atoms with E-state index in [2.05, 4.69) is 0 Å². The van der Waals surface area contributed by atoms with Crippen LogP contribution in [0.5, 0.6) is 0 Å². The van der Waals surface area contributed by atoms with E-state index in [0.29, 0.717) is 11.3 Å². The first-order valence-corrected chi connectivity index (χ1v) is 7.95. The van der Waals surface area contributed by atoms with Crippen LogP contribution >= 0.6 is 0 Å². The Morgan fingerprint density at radius 1 is 1.09 bits per heavy atom. The highest BCUT2D eigenvalue weighted by Crippen LogP contribution is 2.22. The summed E-state index contributed by atoms with van der Waals surface area (Å²) in [5, 5.41) is 8.48. The van der Waals surface area contributed by atoms with E-state index in [1.54, 1.807) is 47.9 Å². The average Bonchev–Trinajstić information content (AvgIpc) is 2.55. The van der Waals surface area contributed by atoms with Gasteiger partial charge in [0.05, 0.1) is 17.0 Å². The molecule has 2 aromatic rings. The molecular formula is C15H16N2O4S. The van der Waals surface area contributed by atoms with E-state index in [-0.39, 0.29) is 11.3 Å². The molecule has 0 aromatic heterocycles. The van der Waals surface area contributed by atoms with Crippen LogP contribution in [0.15, 0.2) is 59.5 Å². The van der Waals surface area contributed by atoms with E-state index < -0.39 is 15.9 Å². The SMILES string of the molecule is CN(c1ccc(CC(=O)NO)cc1)S(=O)(=O)c1ccccc1. The number of hydrogen-bond acceptors (Lipinski definition) is 4. The highest BCUT2D eigenvalue weighted by molar-refractivity contribution is 7.92. The Bertz CT molecular complexity index is 743. The molecule has 0 aliphatic rings. The molecule has 0 atom stereocenters. The number of nitrogens with one attached hydrogen (secondary N) is 1. The first-order chi connectivity index (χ1) is 10.4.